The first kappa shape index (κ1) is 9.40. The molecule has 1 aliphatic rings. The molecule has 0 amide bonds. The third kappa shape index (κ3) is 2.12. The summed E-state index contributed by atoms with van der Waals surface area (Å²) in [6.07, 6.45) is 1.23. The summed E-state index contributed by atoms with van der Waals surface area (Å²) in [5.74, 6) is 1.29. The van der Waals surface area contributed by atoms with Gasteiger partial charge in [0.15, 0.2) is 0 Å². The van der Waals surface area contributed by atoms with Crippen molar-refractivity contribution in [2.45, 2.75) is 50.9 Å². The lowest BCUT2D eigenvalue weighted by molar-refractivity contribution is 0.385. The summed E-state index contributed by atoms with van der Waals surface area (Å²) in [5, 5.41) is 3.64. The quantitative estimate of drug-likeness (QED) is 0.702. The molecule has 1 heterocycles. The van der Waals surface area contributed by atoms with Crippen LogP contribution in [0.25, 0.3) is 0 Å². The molecule has 1 N–H and O–H groups in total. The Bertz CT molecular complexity index is 134. The first-order valence-corrected chi connectivity index (χ1v) is 5.45. The predicted octanol–water partition coefficient (Wildman–Crippen LogP) is 2.27. The molecule has 1 nitrogen and oxygen atoms in total. The number of rotatable bonds is 3. The van der Waals surface area contributed by atoms with Crippen molar-refractivity contribution in [3.05, 3.63) is 0 Å². The molecule has 0 aromatic rings. The summed E-state index contributed by atoms with van der Waals surface area (Å²) in [4.78, 5) is 0. The Morgan fingerprint density at radius 1 is 1.64 bits per heavy atom. The average molecular weight is 173 g/mol. The number of hydrogen-bond donors (Lipinski definition) is 1. The fraction of sp³-hybridized carbons (Fsp3) is 1.00. The van der Waals surface area contributed by atoms with Crippen molar-refractivity contribution in [3.63, 3.8) is 0 Å². The Labute approximate surface area is 74.3 Å². The average Bonchev–Trinajstić information content (AvgIpc) is 1.98. The van der Waals surface area contributed by atoms with Crippen LogP contribution >= 0.6 is 11.8 Å². The first-order valence-electron chi connectivity index (χ1n) is 4.46. The monoisotopic (exact) mass is 173 g/mol. The molecule has 0 aromatic heterocycles. The van der Waals surface area contributed by atoms with Crippen LogP contribution in [-0.4, -0.2) is 22.6 Å². The Balaban J connectivity index is 2.28. The van der Waals surface area contributed by atoms with E-state index in [1.165, 1.54) is 12.2 Å². The number of thioether (sulfide) groups is 1. The van der Waals surface area contributed by atoms with Gasteiger partial charge in [-0.1, -0.05) is 6.92 Å². The van der Waals surface area contributed by atoms with Crippen molar-refractivity contribution in [2.24, 2.45) is 0 Å². The summed E-state index contributed by atoms with van der Waals surface area (Å²) in [5.41, 5.74) is 0. The second-order valence-corrected chi connectivity index (χ2v) is 5.62. The summed E-state index contributed by atoms with van der Waals surface area (Å²) in [6, 6.07) is 1.42. The molecular weight excluding hydrogens is 154 g/mol. The molecule has 0 spiro atoms. The number of hydrogen-bond acceptors (Lipinski definition) is 2. The first-order chi connectivity index (χ1) is 5.06. The van der Waals surface area contributed by atoms with Crippen molar-refractivity contribution in [2.75, 3.05) is 5.75 Å². The molecule has 66 valence electrons. The van der Waals surface area contributed by atoms with Crippen LogP contribution in [-0.2, 0) is 0 Å². The van der Waals surface area contributed by atoms with Gasteiger partial charge >= 0.3 is 0 Å². The zero-order chi connectivity index (χ0) is 8.48. The Kier molecular flexibility index (Phi) is 2.87. The molecule has 1 saturated heterocycles. The van der Waals surface area contributed by atoms with Gasteiger partial charge in [0.25, 0.3) is 0 Å². The molecule has 1 aliphatic heterocycles. The fourth-order valence-electron chi connectivity index (χ4n) is 1.21. The zero-order valence-corrected chi connectivity index (χ0v) is 8.79. The lowest BCUT2D eigenvalue weighted by Gasteiger charge is -2.45. The van der Waals surface area contributed by atoms with E-state index in [1.54, 1.807) is 0 Å². The molecule has 0 saturated carbocycles. The van der Waals surface area contributed by atoms with Gasteiger partial charge in [-0.3, -0.25) is 0 Å². The molecule has 2 atom stereocenters. The third-order valence-corrected chi connectivity index (χ3v) is 4.09. The minimum atomic E-state index is 0.476. The Morgan fingerprint density at radius 3 is 2.55 bits per heavy atom. The molecule has 0 aromatic carbocycles. The molecule has 0 radical (unpaired) electrons. The maximum atomic E-state index is 3.64. The van der Waals surface area contributed by atoms with Crippen LogP contribution in [0.4, 0.5) is 0 Å². The van der Waals surface area contributed by atoms with Crippen molar-refractivity contribution in [1.82, 2.24) is 5.32 Å². The second-order valence-electron chi connectivity index (χ2n) is 3.94. The van der Waals surface area contributed by atoms with Gasteiger partial charge in [0, 0.05) is 22.6 Å². The molecule has 0 bridgehead atoms. The van der Waals surface area contributed by atoms with Crippen LogP contribution in [0.3, 0.4) is 0 Å². The Hall–Kier alpha value is 0.310. The third-order valence-electron chi connectivity index (χ3n) is 2.56. The van der Waals surface area contributed by atoms with E-state index in [1.807, 2.05) is 0 Å². The van der Waals surface area contributed by atoms with Gasteiger partial charge in [-0.2, -0.15) is 11.8 Å². The van der Waals surface area contributed by atoms with Crippen LogP contribution in [0.2, 0.25) is 0 Å². The lowest BCUT2D eigenvalue weighted by atomic mass is 10.0. The zero-order valence-electron chi connectivity index (χ0n) is 7.98. The molecule has 1 rings (SSSR count). The lowest BCUT2D eigenvalue weighted by Crippen LogP contribution is -2.56. The van der Waals surface area contributed by atoms with E-state index in [9.17, 15) is 0 Å². The molecular formula is C9H19NS. The summed E-state index contributed by atoms with van der Waals surface area (Å²) >= 11 is 2.06. The van der Waals surface area contributed by atoms with E-state index in [2.05, 4.69) is 44.8 Å². The van der Waals surface area contributed by atoms with Gasteiger partial charge in [0.05, 0.1) is 0 Å². The largest absolute Gasteiger partial charge is 0.309 e. The maximum absolute atomic E-state index is 3.64. The van der Waals surface area contributed by atoms with Gasteiger partial charge < -0.3 is 5.32 Å². The van der Waals surface area contributed by atoms with Crippen LogP contribution in [0.15, 0.2) is 0 Å². The van der Waals surface area contributed by atoms with Crippen LogP contribution < -0.4 is 5.32 Å². The minimum Gasteiger partial charge on any atom is -0.309 e. The van der Waals surface area contributed by atoms with Gasteiger partial charge in [0.1, 0.15) is 0 Å². The fourth-order valence-corrected chi connectivity index (χ4v) is 2.37. The van der Waals surface area contributed by atoms with Gasteiger partial charge in [0.2, 0.25) is 0 Å². The SMILES string of the molecule is CCC(C)NC1CSC1(C)C. The predicted molar refractivity (Wildman–Crippen MR) is 53.2 cm³/mol. The molecule has 2 heteroatoms. The Morgan fingerprint density at radius 2 is 2.27 bits per heavy atom. The standard InChI is InChI=1S/C9H19NS/c1-5-7(2)10-8-6-11-9(8,3)4/h7-8,10H,5-6H2,1-4H3. The normalized spacial score (nSPS) is 31.1. The van der Waals surface area contributed by atoms with E-state index in [0.717, 1.165) is 6.04 Å². The van der Waals surface area contributed by atoms with Crippen molar-refractivity contribution in [3.8, 4) is 0 Å². The van der Waals surface area contributed by atoms with Crippen molar-refractivity contribution in [1.29, 1.82) is 0 Å². The van der Waals surface area contributed by atoms with Crippen molar-refractivity contribution >= 4 is 11.8 Å². The maximum Gasteiger partial charge on any atom is 0.0302 e. The number of nitrogens with one attached hydrogen (secondary N) is 1. The second kappa shape index (κ2) is 3.36. The minimum absolute atomic E-state index is 0.476. The highest BCUT2D eigenvalue weighted by Crippen LogP contribution is 2.40. The van der Waals surface area contributed by atoms with Crippen molar-refractivity contribution < 1.29 is 0 Å². The molecule has 0 aliphatic carbocycles. The van der Waals surface area contributed by atoms with E-state index in [0.29, 0.717) is 10.8 Å². The highest BCUT2D eigenvalue weighted by Gasteiger charge is 2.39. The summed E-state index contributed by atoms with van der Waals surface area (Å²) in [6.45, 7) is 9.14. The van der Waals surface area contributed by atoms with E-state index in [4.69, 9.17) is 0 Å². The smallest absolute Gasteiger partial charge is 0.0302 e. The van der Waals surface area contributed by atoms with Gasteiger partial charge in [-0.15, -0.1) is 0 Å². The summed E-state index contributed by atoms with van der Waals surface area (Å²) < 4.78 is 0.476. The van der Waals surface area contributed by atoms with E-state index in [-0.39, 0.29) is 0 Å². The van der Waals surface area contributed by atoms with Gasteiger partial charge in [-0.05, 0) is 27.2 Å². The van der Waals surface area contributed by atoms with Crippen LogP contribution in [0.1, 0.15) is 34.1 Å². The molecule has 1 fully saturated rings. The van der Waals surface area contributed by atoms with Crippen LogP contribution in [0.5, 0.6) is 0 Å². The molecule has 11 heavy (non-hydrogen) atoms. The van der Waals surface area contributed by atoms with Gasteiger partial charge in [-0.25, -0.2) is 0 Å². The highest BCUT2D eigenvalue weighted by atomic mass is 32.2. The topological polar surface area (TPSA) is 12.0 Å². The van der Waals surface area contributed by atoms with E-state index >= 15 is 0 Å². The highest BCUT2D eigenvalue weighted by molar-refractivity contribution is 8.02. The summed E-state index contributed by atoms with van der Waals surface area (Å²) in [7, 11) is 0. The van der Waals surface area contributed by atoms with Crippen LogP contribution in [0, 0.1) is 0 Å². The molecule has 2 unspecified atom stereocenters. The van der Waals surface area contributed by atoms with E-state index < -0.39 is 0 Å².